The Balaban J connectivity index is 1.67. The summed E-state index contributed by atoms with van der Waals surface area (Å²) in [6.45, 7) is 3.25. The van der Waals surface area contributed by atoms with Crippen molar-refractivity contribution >= 4 is 25.7 Å². The largest absolute Gasteiger partial charge is 0.492 e. The fourth-order valence-electron chi connectivity index (χ4n) is 4.05. The fraction of sp³-hybridized carbons (Fsp3) is 0.455. The van der Waals surface area contributed by atoms with Gasteiger partial charge in [0.15, 0.2) is 0 Å². The Morgan fingerprint density at radius 2 is 1.62 bits per heavy atom. The van der Waals surface area contributed by atoms with E-state index in [9.17, 15) is 16.8 Å². The Bertz CT molecular complexity index is 1190. The summed E-state index contributed by atoms with van der Waals surface area (Å²) >= 11 is 0. The molecule has 8 nitrogen and oxygen atoms in total. The Morgan fingerprint density at radius 1 is 0.938 bits per heavy atom. The highest BCUT2D eigenvalue weighted by atomic mass is 32.2. The van der Waals surface area contributed by atoms with Gasteiger partial charge in [0.2, 0.25) is 10.0 Å². The van der Waals surface area contributed by atoms with Crippen LogP contribution in [0.2, 0.25) is 0 Å². The van der Waals surface area contributed by atoms with E-state index in [1.54, 1.807) is 19.1 Å². The number of morpholine rings is 1. The van der Waals surface area contributed by atoms with E-state index in [0.29, 0.717) is 19.8 Å². The highest BCUT2D eigenvalue weighted by molar-refractivity contribution is 7.92. The summed E-state index contributed by atoms with van der Waals surface area (Å²) < 4.78 is 67.1. The van der Waals surface area contributed by atoms with Crippen LogP contribution in [0.15, 0.2) is 46.2 Å². The number of sulfonamides is 2. The lowest BCUT2D eigenvalue weighted by molar-refractivity contribution is 0.0730. The monoisotopic (exact) mass is 480 g/mol. The average Bonchev–Trinajstić information content (AvgIpc) is 2.80. The highest BCUT2D eigenvalue weighted by Gasteiger charge is 2.28. The standard InChI is InChI=1S/C22H28N2O6S2/c1-2-30-22-10-9-20(32(27,28)24-11-13-29-14-12-24)16-21(22)23-31(25,26)19-8-7-17-5-3-4-6-18(17)15-19/h7-10,15-16,23H,2-6,11-14H2,1H3. The number of hydrogen-bond donors (Lipinski definition) is 1. The quantitative estimate of drug-likeness (QED) is 0.654. The van der Waals surface area contributed by atoms with Crippen molar-refractivity contribution < 1.29 is 26.3 Å². The van der Waals surface area contributed by atoms with Gasteiger partial charge in [0.1, 0.15) is 5.75 Å². The third kappa shape index (κ3) is 4.78. The lowest BCUT2D eigenvalue weighted by Crippen LogP contribution is -2.40. The molecule has 10 heteroatoms. The zero-order valence-electron chi connectivity index (χ0n) is 18.0. The van der Waals surface area contributed by atoms with Crippen LogP contribution in [0.25, 0.3) is 0 Å². The van der Waals surface area contributed by atoms with Gasteiger partial charge in [-0.05, 0) is 74.1 Å². The molecule has 0 bridgehead atoms. The molecule has 32 heavy (non-hydrogen) atoms. The van der Waals surface area contributed by atoms with Gasteiger partial charge in [-0.2, -0.15) is 4.31 Å². The summed E-state index contributed by atoms with van der Waals surface area (Å²) in [5.74, 6) is 0.273. The molecule has 2 aliphatic rings. The number of anilines is 1. The predicted octanol–water partition coefficient (Wildman–Crippen LogP) is 2.79. The molecule has 1 saturated heterocycles. The lowest BCUT2D eigenvalue weighted by Gasteiger charge is -2.26. The van der Waals surface area contributed by atoms with Gasteiger partial charge < -0.3 is 9.47 Å². The molecule has 1 aliphatic carbocycles. The first-order valence-corrected chi connectivity index (χ1v) is 13.7. The Hall–Kier alpha value is -2.14. The zero-order valence-corrected chi connectivity index (χ0v) is 19.7. The molecule has 0 atom stereocenters. The second kappa shape index (κ2) is 9.38. The van der Waals surface area contributed by atoms with Gasteiger partial charge >= 0.3 is 0 Å². The molecule has 4 rings (SSSR count). The number of nitrogens with one attached hydrogen (secondary N) is 1. The first-order chi connectivity index (χ1) is 15.3. The molecule has 174 valence electrons. The van der Waals surface area contributed by atoms with Gasteiger partial charge in [-0.3, -0.25) is 4.72 Å². The molecule has 0 saturated carbocycles. The van der Waals surface area contributed by atoms with Crippen molar-refractivity contribution in [1.82, 2.24) is 4.31 Å². The van der Waals surface area contributed by atoms with Gasteiger partial charge in [0.25, 0.3) is 10.0 Å². The molecule has 0 unspecified atom stereocenters. The summed E-state index contributed by atoms with van der Waals surface area (Å²) in [6.07, 6.45) is 3.97. The van der Waals surface area contributed by atoms with Crippen LogP contribution in [0.4, 0.5) is 5.69 Å². The van der Waals surface area contributed by atoms with Crippen molar-refractivity contribution in [2.75, 3.05) is 37.6 Å². The summed E-state index contributed by atoms with van der Waals surface area (Å²) in [7, 11) is -7.72. The van der Waals surface area contributed by atoms with Crippen molar-refractivity contribution in [3.63, 3.8) is 0 Å². The molecule has 0 aromatic heterocycles. The minimum atomic E-state index is -3.93. The summed E-state index contributed by atoms with van der Waals surface area (Å²) in [5, 5.41) is 0. The van der Waals surface area contributed by atoms with E-state index in [4.69, 9.17) is 9.47 Å². The number of fused-ring (bicyclic) bond motifs is 1. The van der Waals surface area contributed by atoms with E-state index in [-0.39, 0.29) is 34.3 Å². The molecular formula is C22H28N2O6S2. The van der Waals surface area contributed by atoms with Gasteiger partial charge in [0, 0.05) is 13.1 Å². The van der Waals surface area contributed by atoms with Gasteiger partial charge in [-0.1, -0.05) is 6.07 Å². The lowest BCUT2D eigenvalue weighted by atomic mass is 9.92. The van der Waals surface area contributed by atoms with E-state index in [0.717, 1.165) is 31.2 Å². The van der Waals surface area contributed by atoms with Crippen molar-refractivity contribution in [3.8, 4) is 5.75 Å². The second-order valence-electron chi connectivity index (χ2n) is 7.85. The zero-order chi connectivity index (χ0) is 22.8. The van der Waals surface area contributed by atoms with Crippen LogP contribution in [0.1, 0.15) is 30.9 Å². The van der Waals surface area contributed by atoms with Crippen LogP contribution in [-0.4, -0.2) is 54.1 Å². The number of nitrogens with zero attached hydrogens (tertiary/aromatic N) is 1. The van der Waals surface area contributed by atoms with Gasteiger partial charge in [-0.25, -0.2) is 16.8 Å². The van der Waals surface area contributed by atoms with Crippen LogP contribution in [0, 0.1) is 0 Å². The summed E-state index contributed by atoms with van der Waals surface area (Å²) in [5.41, 5.74) is 2.33. The molecule has 1 N–H and O–H groups in total. The van der Waals surface area contributed by atoms with Crippen LogP contribution in [0.5, 0.6) is 5.75 Å². The van der Waals surface area contributed by atoms with Crippen molar-refractivity contribution in [1.29, 1.82) is 0 Å². The van der Waals surface area contributed by atoms with Crippen molar-refractivity contribution in [3.05, 3.63) is 47.5 Å². The van der Waals surface area contributed by atoms with Crippen LogP contribution in [-0.2, 0) is 37.6 Å². The van der Waals surface area contributed by atoms with E-state index in [2.05, 4.69) is 4.72 Å². The van der Waals surface area contributed by atoms with E-state index in [1.165, 1.54) is 28.1 Å². The maximum atomic E-state index is 13.2. The second-order valence-corrected chi connectivity index (χ2v) is 11.5. The van der Waals surface area contributed by atoms with Crippen LogP contribution in [0.3, 0.4) is 0 Å². The highest BCUT2D eigenvalue weighted by Crippen LogP contribution is 2.32. The molecule has 2 aromatic carbocycles. The molecule has 0 amide bonds. The van der Waals surface area contributed by atoms with E-state index >= 15 is 0 Å². The maximum absolute atomic E-state index is 13.2. The first-order valence-electron chi connectivity index (χ1n) is 10.8. The fourth-order valence-corrected chi connectivity index (χ4v) is 6.59. The van der Waals surface area contributed by atoms with Crippen LogP contribution >= 0.6 is 0 Å². The Labute approximate surface area is 189 Å². The average molecular weight is 481 g/mol. The van der Waals surface area contributed by atoms with Crippen molar-refractivity contribution in [2.45, 2.75) is 42.4 Å². The predicted molar refractivity (Wildman–Crippen MR) is 121 cm³/mol. The SMILES string of the molecule is CCOc1ccc(S(=O)(=O)N2CCOCC2)cc1NS(=O)(=O)c1ccc2c(c1)CCCC2. The first kappa shape index (κ1) is 23.0. The number of rotatable bonds is 7. The Kier molecular flexibility index (Phi) is 6.75. The molecule has 1 aliphatic heterocycles. The molecule has 0 spiro atoms. The normalized spacial score (nSPS) is 17.5. The Morgan fingerprint density at radius 3 is 2.34 bits per heavy atom. The number of hydrogen-bond acceptors (Lipinski definition) is 6. The maximum Gasteiger partial charge on any atom is 0.262 e. The minimum Gasteiger partial charge on any atom is -0.492 e. The number of aryl methyl sites for hydroxylation is 2. The summed E-state index contributed by atoms with van der Waals surface area (Å²) in [4.78, 5) is 0.160. The molecule has 2 aromatic rings. The smallest absolute Gasteiger partial charge is 0.262 e. The third-order valence-corrected chi connectivity index (χ3v) is 8.99. The minimum absolute atomic E-state index is 0.00555. The van der Waals surface area contributed by atoms with Crippen molar-refractivity contribution in [2.24, 2.45) is 0 Å². The molecule has 1 fully saturated rings. The summed E-state index contributed by atoms with van der Waals surface area (Å²) in [6, 6.07) is 9.43. The molecular weight excluding hydrogens is 452 g/mol. The molecule has 0 radical (unpaired) electrons. The van der Waals surface area contributed by atoms with E-state index in [1.807, 2.05) is 6.07 Å². The number of benzene rings is 2. The van der Waals surface area contributed by atoms with Gasteiger partial charge in [-0.15, -0.1) is 0 Å². The van der Waals surface area contributed by atoms with E-state index < -0.39 is 20.0 Å². The third-order valence-electron chi connectivity index (χ3n) is 5.73. The number of ether oxygens (including phenoxy) is 2. The molecule has 1 heterocycles. The van der Waals surface area contributed by atoms with Crippen LogP contribution < -0.4 is 9.46 Å². The topological polar surface area (TPSA) is 102 Å². The van der Waals surface area contributed by atoms with Gasteiger partial charge in [0.05, 0.1) is 35.3 Å².